The fraction of sp³-hybridized carbons (Fsp3) is 0.462. The predicted molar refractivity (Wildman–Crippen MR) is 68.4 cm³/mol. The number of Topliss-reactive ketones (excluding diaryl/α,β-unsaturated/α-hetero) is 1. The van der Waals surface area contributed by atoms with E-state index in [1.165, 1.54) is 12.1 Å². The van der Waals surface area contributed by atoms with Gasteiger partial charge in [-0.15, -0.1) is 0 Å². The molecule has 1 aromatic carbocycles. The summed E-state index contributed by atoms with van der Waals surface area (Å²) in [4.78, 5) is 12.0. The van der Waals surface area contributed by atoms with Gasteiger partial charge in [-0.3, -0.25) is 4.79 Å². The summed E-state index contributed by atoms with van der Waals surface area (Å²) >= 11 is 3.24. The summed E-state index contributed by atoms with van der Waals surface area (Å²) in [5.41, 5.74) is 0.750. The van der Waals surface area contributed by atoms with Crippen molar-refractivity contribution in [1.82, 2.24) is 5.32 Å². The van der Waals surface area contributed by atoms with E-state index < -0.39 is 0 Å². The van der Waals surface area contributed by atoms with Crippen molar-refractivity contribution in [2.75, 3.05) is 13.1 Å². The van der Waals surface area contributed by atoms with Gasteiger partial charge in [0, 0.05) is 16.8 Å². The molecule has 1 heterocycles. The molecule has 0 aliphatic carbocycles. The molecule has 0 unspecified atom stereocenters. The number of rotatable bonds is 3. The van der Waals surface area contributed by atoms with E-state index in [1.54, 1.807) is 0 Å². The van der Waals surface area contributed by atoms with Crippen molar-refractivity contribution in [2.45, 2.75) is 19.3 Å². The minimum atomic E-state index is -0.299. The van der Waals surface area contributed by atoms with Gasteiger partial charge in [0.15, 0.2) is 0 Å². The molecule has 1 saturated heterocycles. The second-order valence-electron chi connectivity index (χ2n) is 4.45. The minimum Gasteiger partial charge on any atom is -0.317 e. The molecule has 2 rings (SSSR count). The van der Waals surface area contributed by atoms with Crippen LogP contribution in [0.1, 0.15) is 18.4 Å². The Kier molecular flexibility index (Phi) is 4.29. The molecule has 1 aliphatic heterocycles. The van der Waals surface area contributed by atoms with Crippen molar-refractivity contribution in [3.63, 3.8) is 0 Å². The second-order valence-corrected chi connectivity index (χ2v) is 5.36. The van der Waals surface area contributed by atoms with E-state index in [2.05, 4.69) is 21.2 Å². The number of hydrogen-bond donors (Lipinski definition) is 1. The van der Waals surface area contributed by atoms with E-state index in [-0.39, 0.29) is 17.5 Å². The van der Waals surface area contributed by atoms with Crippen LogP contribution in [0.15, 0.2) is 22.7 Å². The van der Waals surface area contributed by atoms with Gasteiger partial charge in [-0.1, -0.05) is 15.9 Å². The summed E-state index contributed by atoms with van der Waals surface area (Å²) in [5, 5.41) is 3.23. The largest absolute Gasteiger partial charge is 0.317 e. The molecular weight excluding hydrogens is 285 g/mol. The molecule has 0 spiro atoms. The van der Waals surface area contributed by atoms with Gasteiger partial charge in [0.2, 0.25) is 0 Å². The Balaban J connectivity index is 2.01. The molecule has 92 valence electrons. The number of ketones is 1. The highest BCUT2D eigenvalue weighted by Crippen LogP contribution is 2.19. The molecule has 2 nitrogen and oxygen atoms in total. The Bertz CT molecular complexity index is 396. The van der Waals surface area contributed by atoms with E-state index in [9.17, 15) is 9.18 Å². The van der Waals surface area contributed by atoms with Crippen LogP contribution in [-0.4, -0.2) is 18.9 Å². The van der Waals surface area contributed by atoms with Gasteiger partial charge in [0.25, 0.3) is 0 Å². The van der Waals surface area contributed by atoms with Crippen molar-refractivity contribution in [3.8, 4) is 0 Å². The molecule has 0 saturated carbocycles. The van der Waals surface area contributed by atoms with E-state index in [0.29, 0.717) is 10.9 Å². The van der Waals surface area contributed by atoms with Gasteiger partial charge in [-0.25, -0.2) is 4.39 Å². The molecule has 1 aromatic rings. The number of benzene rings is 1. The average Bonchev–Trinajstić information content (AvgIpc) is 2.28. The van der Waals surface area contributed by atoms with Crippen molar-refractivity contribution < 1.29 is 9.18 Å². The molecule has 0 bridgehead atoms. The maximum Gasteiger partial charge on any atom is 0.140 e. The van der Waals surface area contributed by atoms with Crippen LogP contribution < -0.4 is 5.32 Å². The zero-order valence-electron chi connectivity index (χ0n) is 9.51. The fourth-order valence-corrected chi connectivity index (χ4v) is 2.72. The molecule has 1 fully saturated rings. The summed E-state index contributed by atoms with van der Waals surface area (Å²) < 4.78 is 13.9. The van der Waals surface area contributed by atoms with Crippen LogP contribution in [0.3, 0.4) is 0 Å². The first kappa shape index (κ1) is 12.7. The molecule has 0 aromatic heterocycles. The molecule has 0 atom stereocenters. The van der Waals surface area contributed by atoms with Gasteiger partial charge in [0.1, 0.15) is 11.6 Å². The van der Waals surface area contributed by atoms with Gasteiger partial charge < -0.3 is 5.32 Å². The highest BCUT2D eigenvalue weighted by Gasteiger charge is 2.20. The number of halogens is 2. The Labute approximate surface area is 109 Å². The number of carbonyl (C=O) groups excluding carboxylic acids is 1. The van der Waals surface area contributed by atoms with Crippen molar-refractivity contribution in [1.29, 1.82) is 0 Å². The normalized spacial score (nSPS) is 17.1. The fourth-order valence-electron chi connectivity index (χ4n) is 2.20. The van der Waals surface area contributed by atoms with Crippen LogP contribution in [0.4, 0.5) is 4.39 Å². The monoisotopic (exact) mass is 299 g/mol. The lowest BCUT2D eigenvalue weighted by molar-refractivity contribution is -0.122. The first-order valence-corrected chi connectivity index (χ1v) is 6.63. The number of carbonyl (C=O) groups is 1. The quantitative estimate of drug-likeness (QED) is 0.930. The Morgan fingerprint density at radius 1 is 1.35 bits per heavy atom. The second kappa shape index (κ2) is 5.74. The Morgan fingerprint density at radius 3 is 2.71 bits per heavy atom. The summed E-state index contributed by atoms with van der Waals surface area (Å²) in [6, 6.07) is 4.64. The van der Waals surface area contributed by atoms with E-state index in [4.69, 9.17) is 0 Å². The van der Waals surface area contributed by atoms with Gasteiger partial charge >= 0.3 is 0 Å². The zero-order chi connectivity index (χ0) is 12.3. The van der Waals surface area contributed by atoms with E-state index in [0.717, 1.165) is 31.5 Å². The predicted octanol–water partition coefficient (Wildman–Crippen LogP) is 2.70. The first-order chi connectivity index (χ1) is 8.15. The summed E-state index contributed by atoms with van der Waals surface area (Å²) in [6.45, 7) is 1.81. The molecule has 4 heteroatoms. The van der Waals surface area contributed by atoms with Crippen LogP contribution in [0.25, 0.3) is 0 Å². The third-order valence-corrected chi connectivity index (χ3v) is 3.55. The number of nitrogens with one attached hydrogen (secondary N) is 1. The molecule has 17 heavy (non-hydrogen) atoms. The SMILES string of the molecule is O=C(Cc1cc(F)cc(Br)c1)C1CCNCC1. The van der Waals surface area contributed by atoms with Crippen LogP contribution in [0, 0.1) is 11.7 Å². The van der Waals surface area contributed by atoms with Gasteiger partial charge in [-0.05, 0) is 49.7 Å². The van der Waals surface area contributed by atoms with Crippen LogP contribution in [-0.2, 0) is 11.2 Å². The van der Waals surface area contributed by atoms with E-state index >= 15 is 0 Å². The maximum absolute atomic E-state index is 13.2. The van der Waals surface area contributed by atoms with Gasteiger partial charge in [-0.2, -0.15) is 0 Å². The lowest BCUT2D eigenvalue weighted by atomic mass is 9.90. The van der Waals surface area contributed by atoms with Crippen LogP contribution in [0.2, 0.25) is 0 Å². The van der Waals surface area contributed by atoms with Gasteiger partial charge in [0.05, 0.1) is 0 Å². The van der Waals surface area contributed by atoms with Crippen LogP contribution in [0.5, 0.6) is 0 Å². The average molecular weight is 300 g/mol. The third-order valence-electron chi connectivity index (χ3n) is 3.10. The highest BCUT2D eigenvalue weighted by atomic mass is 79.9. The molecule has 0 amide bonds. The van der Waals surface area contributed by atoms with Crippen molar-refractivity contribution >= 4 is 21.7 Å². The third kappa shape index (κ3) is 3.61. The van der Waals surface area contributed by atoms with E-state index in [1.807, 2.05) is 6.07 Å². The standard InChI is InChI=1S/C13H15BrFNO/c14-11-5-9(6-12(15)8-11)7-13(17)10-1-3-16-4-2-10/h5-6,8,10,16H,1-4,7H2. The number of piperidine rings is 1. The molecule has 0 radical (unpaired) electrons. The lowest BCUT2D eigenvalue weighted by Crippen LogP contribution is -2.32. The molecule has 1 aliphatic rings. The Morgan fingerprint density at radius 2 is 2.06 bits per heavy atom. The maximum atomic E-state index is 13.2. The highest BCUT2D eigenvalue weighted by molar-refractivity contribution is 9.10. The number of hydrogen-bond acceptors (Lipinski definition) is 2. The summed E-state index contributed by atoms with van der Waals surface area (Å²) in [7, 11) is 0. The summed E-state index contributed by atoms with van der Waals surface area (Å²) in [5.74, 6) is 0.0646. The lowest BCUT2D eigenvalue weighted by Gasteiger charge is -2.21. The Hall–Kier alpha value is -0.740. The first-order valence-electron chi connectivity index (χ1n) is 5.83. The smallest absolute Gasteiger partial charge is 0.140 e. The topological polar surface area (TPSA) is 29.1 Å². The van der Waals surface area contributed by atoms with Crippen LogP contribution >= 0.6 is 15.9 Å². The minimum absolute atomic E-state index is 0.137. The van der Waals surface area contributed by atoms with Crippen molar-refractivity contribution in [2.24, 2.45) is 5.92 Å². The molecular formula is C13H15BrFNO. The summed E-state index contributed by atoms with van der Waals surface area (Å²) in [6.07, 6.45) is 2.13. The molecule has 1 N–H and O–H groups in total. The van der Waals surface area contributed by atoms with Crippen molar-refractivity contribution in [3.05, 3.63) is 34.1 Å². The zero-order valence-corrected chi connectivity index (χ0v) is 11.1.